The molecule has 1 aromatic heterocycles. The number of rotatable bonds is 4. The average molecular weight is 474 g/mol. The number of piperidine rings is 1. The van der Waals surface area contributed by atoms with E-state index in [2.05, 4.69) is 39.4 Å². The summed E-state index contributed by atoms with van der Waals surface area (Å²) in [7, 11) is 4.06. The molecule has 0 saturated carbocycles. The van der Waals surface area contributed by atoms with Crippen LogP contribution in [0.25, 0.3) is 0 Å². The molecule has 1 aromatic carbocycles. The van der Waals surface area contributed by atoms with Crippen molar-refractivity contribution in [2.24, 2.45) is 0 Å². The number of thiazole rings is 1. The zero-order valence-electron chi connectivity index (χ0n) is 19.1. The molecule has 172 valence electrons. The van der Waals surface area contributed by atoms with Crippen LogP contribution in [0.2, 0.25) is 0 Å². The molecule has 1 amide bonds. The average Bonchev–Trinajstić information content (AvgIpc) is 3.40. The Morgan fingerprint density at radius 2 is 1.94 bits per heavy atom. The number of hydrogen-bond donors (Lipinski definition) is 1. The van der Waals surface area contributed by atoms with Gasteiger partial charge in [0.05, 0.1) is 17.2 Å². The predicted octanol–water partition coefficient (Wildman–Crippen LogP) is 3.99. The second-order valence-corrected chi connectivity index (χ2v) is 10.5. The van der Waals surface area contributed by atoms with Gasteiger partial charge in [0.15, 0.2) is 5.11 Å². The number of carbonyl (C=O) groups is 1. The van der Waals surface area contributed by atoms with Crippen molar-refractivity contribution in [1.29, 1.82) is 0 Å². The molecule has 32 heavy (non-hydrogen) atoms. The number of carbonyl (C=O) groups excluding carboxylic acids is 1. The van der Waals surface area contributed by atoms with Crippen LogP contribution >= 0.6 is 23.6 Å². The minimum absolute atomic E-state index is 0.0434. The molecule has 2 aliphatic heterocycles. The molecule has 2 fully saturated rings. The lowest BCUT2D eigenvalue weighted by Crippen LogP contribution is -2.44. The fraction of sp³-hybridized carbons (Fsp3) is 0.522. The summed E-state index contributed by atoms with van der Waals surface area (Å²) >= 11 is 7.23. The van der Waals surface area contributed by atoms with Crippen molar-refractivity contribution in [3.05, 3.63) is 40.3 Å². The third kappa shape index (κ3) is 4.89. The number of hydrogen-bond acceptors (Lipinski definition) is 6. The van der Waals surface area contributed by atoms with Crippen molar-refractivity contribution >= 4 is 45.9 Å². The monoisotopic (exact) mass is 473 g/mol. The minimum atomic E-state index is -0.290. The van der Waals surface area contributed by atoms with Gasteiger partial charge in [-0.25, -0.2) is 4.98 Å². The van der Waals surface area contributed by atoms with Gasteiger partial charge in [0.25, 0.3) is 5.91 Å². The summed E-state index contributed by atoms with van der Waals surface area (Å²) in [6.45, 7) is 6.69. The van der Waals surface area contributed by atoms with Crippen LogP contribution in [0.5, 0.6) is 0 Å². The van der Waals surface area contributed by atoms with Crippen LogP contribution in [0, 0.1) is 0 Å². The highest BCUT2D eigenvalue weighted by Gasteiger charge is 2.38. The Balaban J connectivity index is 1.31. The number of nitrogens with one attached hydrogen (secondary N) is 1. The van der Waals surface area contributed by atoms with E-state index in [1.165, 1.54) is 0 Å². The molecule has 0 atom stereocenters. The Morgan fingerprint density at radius 3 is 2.53 bits per heavy atom. The first-order valence-electron chi connectivity index (χ1n) is 10.9. The van der Waals surface area contributed by atoms with Gasteiger partial charge in [-0.2, -0.15) is 0 Å². The van der Waals surface area contributed by atoms with Crippen LogP contribution < -0.4 is 10.2 Å². The van der Waals surface area contributed by atoms with Crippen molar-refractivity contribution < 1.29 is 9.53 Å². The van der Waals surface area contributed by atoms with Crippen LogP contribution in [0.3, 0.4) is 0 Å². The fourth-order valence-electron chi connectivity index (χ4n) is 4.06. The summed E-state index contributed by atoms with van der Waals surface area (Å²) in [5, 5.41) is 7.05. The first-order valence-corrected chi connectivity index (χ1v) is 12.2. The summed E-state index contributed by atoms with van der Waals surface area (Å²) in [5.74, 6) is 0.320. The summed E-state index contributed by atoms with van der Waals surface area (Å²) < 4.78 is 5.49. The summed E-state index contributed by atoms with van der Waals surface area (Å²) in [6.07, 6.45) is 1.95. The van der Waals surface area contributed by atoms with Crippen LogP contribution in [0.15, 0.2) is 29.6 Å². The molecular formula is C23H31N5O2S2. The fourth-order valence-corrected chi connectivity index (χ4v) is 5.33. The van der Waals surface area contributed by atoms with Gasteiger partial charge in [0.2, 0.25) is 0 Å². The Hall–Kier alpha value is -2.23. The number of thiocarbonyl (C=S) groups is 1. The van der Waals surface area contributed by atoms with E-state index in [4.69, 9.17) is 21.9 Å². The van der Waals surface area contributed by atoms with Crippen LogP contribution in [0.4, 0.5) is 11.4 Å². The zero-order valence-corrected chi connectivity index (χ0v) is 20.8. The van der Waals surface area contributed by atoms with Gasteiger partial charge in [0.1, 0.15) is 12.4 Å². The van der Waals surface area contributed by atoms with Crippen LogP contribution in [-0.2, 0) is 4.74 Å². The van der Waals surface area contributed by atoms with Gasteiger partial charge < -0.3 is 24.8 Å². The lowest BCUT2D eigenvalue weighted by Gasteiger charge is -2.33. The van der Waals surface area contributed by atoms with E-state index in [0.717, 1.165) is 47.4 Å². The molecule has 7 nitrogen and oxygen atoms in total. The molecule has 9 heteroatoms. The number of aromatic nitrogens is 1. The molecular weight excluding hydrogens is 442 g/mol. The van der Waals surface area contributed by atoms with Crippen molar-refractivity contribution in [2.45, 2.75) is 38.1 Å². The molecule has 2 saturated heterocycles. The number of ether oxygens (including phenoxy) is 1. The van der Waals surface area contributed by atoms with E-state index in [-0.39, 0.29) is 11.4 Å². The molecule has 0 spiro atoms. The third-order valence-corrected chi connectivity index (χ3v) is 7.53. The van der Waals surface area contributed by atoms with E-state index < -0.39 is 0 Å². The third-order valence-electron chi connectivity index (χ3n) is 6.16. The zero-order chi connectivity index (χ0) is 22.9. The SMILES string of the molecule is CN(C)c1ccc(NC(=S)N2CCC(c3nc(C(=O)N4COCC4(C)C)cs3)CC2)cc1. The quantitative estimate of drug-likeness (QED) is 0.674. The highest BCUT2D eigenvalue weighted by molar-refractivity contribution is 7.80. The largest absolute Gasteiger partial charge is 0.378 e. The van der Waals surface area contributed by atoms with E-state index >= 15 is 0 Å². The molecule has 4 rings (SSSR count). The first-order chi connectivity index (χ1) is 15.2. The lowest BCUT2D eigenvalue weighted by molar-refractivity contribution is 0.0600. The van der Waals surface area contributed by atoms with Gasteiger partial charge in [-0.15, -0.1) is 11.3 Å². The Kier molecular flexibility index (Phi) is 6.69. The van der Waals surface area contributed by atoms with Gasteiger partial charge in [-0.1, -0.05) is 0 Å². The Bertz CT molecular complexity index is 965. The number of nitrogens with zero attached hydrogens (tertiary/aromatic N) is 4. The van der Waals surface area contributed by atoms with Crippen molar-refractivity contribution in [2.75, 3.05) is 50.7 Å². The Morgan fingerprint density at radius 1 is 1.25 bits per heavy atom. The number of anilines is 2. The van der Waals surface area contributed by atoms with Gasteiger partial charge in [-0.3, -0.25) is 4.79 Å². The topological polar surface area (TPSA) is 60.9 Å². The second-order valence-electron chi connectivity index (χ2n) is 9.23. The van der Waals surface area contributed by atoms with Crippen molar-refractivity contribution in [1.82, 2.24) is 14.8 Å². The van der Waals surface area contributed by atoms with Gasteiger partial charge >= 0.3 is 0 Å². The van der Waals surface area contributed by atoms with E-state index in [9.17, 15) is 4.79 Å². The molecule has 0 aliphatic carbocycles. The smallest absolute Gasteiger partial charge is 0.275 e. The maximum Gasteiger partial charge on any atom is 0.275 e. The van der Waals surface area contributed by atoms with Crippen molar-refractivity contribution in [3.8, 4) is 0 Å². The summed E-state index contributed by atoms with van der Waals surface area (Å²) in [4.78, 5) is 23.6. The van der Waals surface area contributed by atoms with E-state index in [1.807, 2.05) is 33.3 Å². The summed E-state index contributed by atoms with van der Waals surface area (Å²) in [5.41, 5.74) is 2.40. The molecule has 3 heterocycles. The summed E-state index contributed by atoms with van der Waals surface area (Å²) in [6, 6.07) is 8.26. The standard InChI is InChI=1S/C23H31N5O2S2/c1-23(2)14-30-15-28(23)21(29)19-13-32-20(25-19)16-9-11-27(12-10-16)22(31)24-17-5-7-18(8-6-17)26(3)4/h5-8,13,16H,9-12,14-15H2,1-4H3,(H,24,31). The second kappa shape index (κ2) is 9.33. The van der Waals surface area contributed by atoms with Crippen LogP contribution in [-0.4, -0.2) is 71.9 Å². The normalized spacial score (nSPS) is 18.6. The molecule has 2 aromatic rings. The molecule has 1 N–H and O–H groups in total. The number of likely N-dealkylation sites (tertiary alicyclic amines) is 1. The maximum atomic E-state index is 12.9. The number of benzene rings is 1. The van der Waals surface area contributed by atoms with E-state index in [1.54, 1.807) is 16.2 Å². The lowest BCUT2D eigenvalue weighted by atomic mass is 9.98. The molecule has 0 bridgehead atoms. The first kappa shape index (κ1) is 22.9. The van der Waals surface area contributed by atoms with Gasteiger partial charge in [-0.05, 0) is 63.2 Å². The molecule has 2 aliphatic rings. The van der Waals surface area contributed by atoms with Gasteiger partial charge in [0, 0.05) is 49.9 Å². The maximum absolute atomic E-state index is 12.9. The highest BCUT2D eigenvalue weighted by atomic mass is 32.1. The van der Waals surface area contributed by atoms with E-state index in [0.29, 0.717) is 24.9 Å². The minimum Gasteiger partial charge on any atom is -0.378 e. The van der Waals surface area contributed by atoms with Crippen molar-refractivity contribution in [3.63, 3.8) is 0 Å². The predicted molar refractivity (Wildman–Crippen MR) is 134 cm³/mol. The highest BCUT2D eigenvalue weighted by Crippen LogP contribution is 2.32. The molecule has 0 unspecified atom stereocenters. The Labute approximate surface area is 199 Å². The molecule has 0 radical (unpaired) electrons. The number of amides is 1. The van der Waals surface area contributed by atoms with Crippen LogP contribution in [0.1, 0.15) is 48.1 Å².